The molecule has 2 heterocycles. The molecule has 32 heavy (non-hydrogen) atoms. The van der Waals surface area contributed by atoms with Crippen LogP contribution in [0.5, 0.6) is 5.75 Å². The molecule has 0 spiro atoms. The summed E-state index contributed by atoms with van der Waals surface area (Å²) in [5.41, 5.74) is 0. The van der Waals surface area contributed by atoms with Crippen molar-refractivity contribution in [1.29, 1.82) is 0 Å². The van der Waals surface area contributed by atoms with Gasteiger partial charge < -0.3 is 14.8 Å². The molecule has 6 nitrogen and oxygen atoms in total. The first-order valence-corrected chi connectivity index (χ1v) is 10.8. The summed E-state index contributed by atoms with van der Waals surface area (Å²) in [7, 11) is 1.53. The lowest BCUT2D eigenvalue weighted by molar-refractivity contribution is 0.0722. The van der Waals surface area contributed by atoms with E-state index in [0.29, 0.717) is 31.1 Å². The molecule has 0 unspecified atom stereocenters. The number of nitrogens with one attached hydrogen (secondary N) is 1. The van der Waals surface area contributed by atoms with E-state index in [1.54, 1.807) is 0 Å². The topological polar surface area (TPSA) is 63.7 Å². The molecule has 0 aliphatic carbocycles. The van der Waals surface area contributed by atoms with Gasteiger partial charge in [0, 0.05) is 20.3 Å². The van der Waals surface area contributed by atoms with Crippen molar-refractivity contribution in [1.82, 2.24) is 9.88 Å². The fourth-order valence-electron chi connectivity index (χ4n) is 3.24. The van der Waals surface area contributed by atoms with Crippen molar-refractivity contribution in [3.63, 3.8) is 0 Å². The molecule has 1 N–H and O–H groups in total. The Hall–Kier alpha value is -2.31. The first kappa shape index (κ1) is 24.3. The summed E-state index contributed by atoms with van der Waals surface area (Å²) in [6.45, 7) is 3.04. The van der Waals surface area contributed by atoms with Gasteiger partial charge in [-0.1, -0.05) is 6.42 Å². The van der Waals surface area contributed by atoms with E-state index < -0.39 is 40.8 Å². The number of aromatic nitrogens is 1. The third-order valence-electron chi connectivity index (χ3n) is 4.85. The Morgan fingerprint density at radius 3 is 2.28 bits per heavy atom. The number of benzene rings is 1. The van der Waals surface area contributed by atoms with Crippen LogP contribution in [0.25, 0.3) is 0 Å². The number of carbonyl (C=O) groups is 1. The van der Waals surface area contributed by atoms with E-state index in [4.69, 9.17) is 4.74 Å². The van der Waals surface area contributed by atoms with Gasteiger partial charge in [0.15, 0.2) is 10.7 Å². The monoisotopic (exact) mass is 479 g/mol. The van der Waals surface area contributed by atoms with E-state index in [0.717, 1.165) is 43.7 Å². The summed E-state index contributed by atoms with van der Waals surface area (Å²) in [6.07, 6.45) is 3.81. The van der Waals surface area contributed by atoms with Crippen LogP contribution in [0.4, 0.5) is 27.8 Å². The van der Waals surface area contributed by atoms with Crippen LogP contribution in [0.2, 0.25) is 0 Å². The Morgan fingerprint density at radius 1 is 1.03 bits per heavy atom. The van der Waals surface area contributed by atoms with Crippen molar-refractivity contribution in [2.24, 2.45) is 0 Å². The van der Waals surface area contributed by atoms with Crippen LogP contribution in [0.15, 0.2) is 0 Å². The Labute approximate surface area is 185 Å². The van der Waals surface area contributed by atoms with E-state index >= 15 is 0 Å². The van der Waals surface area contributed by atoms with Gasteiger partial charge in [0.2, 0.25) is 34.8 Å². The zero-order chi connectivity index (χ0) is 23.3. The zero-order valence-electron chi connectivity index (χ0n) is 17.3. The maximum atomic E-state index is 13.9. The number of ether oxygens (including phenoxy) is 2. The first-order chi connectivity index (χ1) is 15.3. The standard InChI is InChI=1S/C20H22F5N3O3S/c1-30-9-5-6-26-19-18(32-11(27-19)10-28-7-3-2-4-8-28)20(29)31-17-15(24)13(22)12(21)14(23)16(17)25/h26H,2-10H2,1H3. The highest BCUT2D eigenvalue weighted by Gasteiger charge is 2.30. The third kappa shape index (κ3) is 5.54. The number of hydrogen-bond donors (Lipinski definition) is 1. The highest BCUT2D eigenvalue weighted by atomic mass is 32.1. The van der Waals surface area contributed by atoms with Gasteiger partial charge in [-0.2, -0.15) is 8.78 Å². The molecule has 1 saturated heterocycles. The lowest BCUT2D eigenvalue weighted by atomic mass is 10.1. The second-order valence-corrected chi connectivity index (χ2v) is 8.27. The van der Waals surface area contributed by atoms with E-state index in [1.807, 2.05) is 0 Å². The number of thiazole rings is 1. The van der Waals surface area contributed by atoms with Crippen molar-refractivity contribution in [3.05, 3.63) is 39.0 Å². The molecule has 0 bridgehead atoms. The Kier molecular flexibility index (Phi) is 8.38. The summed E-state index contributed by atoms with van der Waals surface area (Å²) in [5.74, 6) is -14.0. The summed E-state index contributed by atoms with van der Waals surface area (Å²) < 4.78 is 77.6. The average molecular weight is 479 g/mol. The molecule has 0 saturated carbocycles. The Morgan fingerprint density at radius 2 is 1.66 bits per heavy atom. The molecule has 1 aromatic carbocycles. The number of anilines is 1. The van der Waals surface area contributed by atoms with Crippen LogP contribution in [0.1, 0.15) is 40.4 Å². The van der Waals surface area contributed by atoms with E-state index in [9.17, 15) is 26.7 Å². The van der Waals surface area contributed by atoms with Crippen molar-refractivity contribution in [2.45, 2.75) is 32.2 Å². The smallest absolute Gasteiger partial charge is 0.357 e. The summed E-state index contributed by atoms with van der Waals surface area (Å²) in [6, 6.07) is 0. The molecule has 1 fully saturated rings. The van der Waals surface area contributed by atoms with Crippen molar-refractivity contribution >= 4 is 23.1 Å². The van der Waals surface area contributed by atoms with Gasteiger partial charge in [0.25, 0.3) is 0 Å². The maximum Gasteiger partial charge on any atom is 0.357 e. The molecule has 2 aromatic rings. The van der Waals surface area contributed by atoms with Crippen molar-refractivity contribution in [3.8, 4) is 5.75 Å². The van der Waals surface area contributed by atoms with Gasteiger partial charge in [-0.3, -0.25) is 4.90 Å². The molecule has 0 amide bonds. The number of nitrogens with zero attached hydrogens (tertiary/aromatic N) is 2. The molecule has 176 valence electrons. The van der Waals surface area contributed by atoms with Gasteiger partial charge >= 0.3 is 5.97 Å². The average Bonchev–Trinajstić information content (AvgIpc) is 3.20. The minimum absolute atomic E-state index is 0.118. The normalized spacial score (nSPS) is 14.6. The van der Waals surface area contributed by atoms with Crippen LogP contribution in [-0.4, -0.2) is 49.2 Å². The van der Waals surface area contributed by atoms with Crippen LogP contribution >= 0.6 is 11.3 Å². The number of likely N-dealkylation sites (tertiary alicyclic amines) is 1. The SMILES string of the molecule is COCCCNc1nc(CN2CCCCC2)sc1C(=O)Oc1c(F)c(F)c(F)c(F)c1F. The quantitative estimate of drug-likeness (QED) is 0.143. The minimum atomic E-state index is -2.33. The van der Waals surface area contributed by atoms with Gasteiger partial charge in [0.1, 0.15) is 5.01 Å². The number of methoxy groups -OCH3 is 1. The number of piperidine rings is 1. The molecular formula is C20H22F5N3O3S. The van der Waals surface area contributed by atoms with E-state index in [1.165, 1.54) is 7.11 Å². The van der Waals surface area contributed by atoms with Crippen LogP contribution in [-0.2, 0) is 11.3 Å². The molecule has 12 heteroatoms. The Balaban J connectivity index is 1.84. The predicted octanol–water partition coefficient (Wildman–Crippen LogP) is 4.49. The number of esters is 1. The fraction of sp³-hybridized carbons (Fsp3) is 0.500. The van der Waals surface area contributed by atoms with Gasteiger partial charge in [-0.05, 0) is 32.4 Å². The number of rotatable bonds is 9. The van der Waals surface area contributed by atoms with E-state index in [2.05, 4.69) is 19.9 Å². The zero-order valence-corrected chi connectivity index (χ0v) is 18.1. The van der Waals surface area contributed by atoms with Crippen LogP contribution in [0, 0.1) is 29.1 Å². The van der Waals surface area contributed by atoms with Gasteiger partial charge in [0.05, 0.1) is 6.54 Å². The predicted molar refractivity (Wildman–Crippen MR) is 107 cm³/mol. The lowest BCUT2D eigenvalue weighted by Gasteiger charge is -2.25. The third-order valence-corrected chi connectivity index (χ3v) is 5.87. The second-order valence-electron chi connectivity index (χ2n) is 7.18. The summed E-state index contributed by atoms with van der Waals surface area (Å²) in [5, 5.41) is 3.50. The van der Waals surface area contributed by atoms with Gasteiger partial charge in [-0.15, -0.1) is 11.3 Å². The molecule has 1 aliphatic rings. The summed E-state index contributed by atoms with van der Waals surface area (Å²) >= 11 is 0.940. The molecule has 0 atom stereocenters. The van der Waals surface area contributed by atoms with E-state index in [-0.39, 0.29) is 10.7 Å². The fourth-order valence-corrected chi connectivity index (χ4v) is 4.19. The molecular weight excluding hydrogens is 457 g/mol. The second kappa shape index (κ2) is 11.0. The highest BCUT2D eigenvalue weighted by Crippen LogP contribution is 2.32. The number of hydrogen-bond acceptors (Lipinski definition) is 7. The molecule has 1 aromatic heterocycles. The Bertz CT molecular complexity index is 937. The number of carbonyl (C=O) groups excluding carboxylic acids is 1. The summed E-state index contributed by atoms with van der Waals surface area (Å²) in [4.78, 5) is 19.1. The molecule has 1 aliphatic heterocycles. The number of halogens is 5. The van der Waals surface area contributed by atoms with Crippen LogP contribution < -0.4 is 10.1 Å². The van der Waals surface area contributed by atoms with Crippen LogP contribution in [0.3, 0.4) is 0 Å². The molecule has 0 radical (unpaired) electrons. The largest absolute Gasteiger partial charge is 0.416 e. The van der Waals surface area contributed by atoms with Crippen molar-refractivity contribution in [2.75, 3.05) is 38.7 Å². The lowest BCUT2D eigenvalue weighted by Crippen LogP contribution is -2.29. The maximum absolute atomic E-state index is 13.9. The van der Waals surface area contributed by atoms with Gasteiger partial charge in [-0.25, -0.2) is 22.9 Å². The van der Waals surface area contributed by atoms with Crippen molar-refractivity contribution < 1.29 is 36.2 Å². The molecule has 3 rings (SSSR count). The first-order valence-electron chi connectivity index (χ1n) is 10.0. The minimum Gasteiger partial charge on any atom is -0.416 e. The highest BCUT2D eigenvalue weighted by molar-refractivity contribution is 7.14.